The average molecular weight is 215 g/mol. The summed E-state index contributed by atoms with van der Waals surface area (Å²) in [4.78, 5) is 21.6. The molecule has 0 aliphatic carbocycles. The van der Waals surface area contributed by atoms with Gasteiger partial charge in [-0.2, -0.15) is 0 Å². The van der Waals surface area contributed by atoms with Crippen molar-refractivity contribution in [2.24, 2.45) is 0 Å². The molecule has 0 fully saturated rings. The number of carboxylic acid groups (broad SMARTS) is 1. The molecule has 0 amide bonds. The van der Waals surface area contributed by atoms with Crippen molar-refractivity contribution in [3.63, 3.8) is 0 Å². The van der Waals surface area contributed by atoms with Crippen LogP contribution in [0.2, 0.25) is 0 Å². The zero-order chi connectivity index (χ0) is 10.1. The molecular weight excluding hydrogens is 206 g/mol. The summed E-state index contributed by atoms with van der Waals surface area (Å²) in [5.41, 5.74) is 1.40. The van der Waals surface area contributed by atoms with Gasteiger partial charge in [0, 0.05) is 11.3 Å². The fourth-order valence-electron chi connectivity index (χ4n) is 1.39. The molecular formula is C8H9NO4S. The van der Waals surface area contributed by atoms with Gasteiger partial charge in [0.25, 0.3) is 0 Å². The van der Waals surface area contributed by atoms with Crippen molar-refractivity contribution in [1.29, 1.82) is 0 Å². The quantitative estimate of drug-likeness (QED) is 0.628. The van der Waals surface area contributed by atoms with Crippen molar-refractivity contribution in [3.05, 3.63) is 11.3 Å². The van der Waals surface area contributed by atoms with E-state index in [0.717, 1.165) is 5.57 Å². The molecule has 0 saturated carbocycles. The molecule has 2 aliphatic rings. The van der Waals surface area contributed by atoms with E-state index in [0.29, 0.717) is 18.1 Å². The number of carboxylic acids is 1. The molecule has 1 atom stereocenters. The van der Waals surface area contributed by atoms with Crippen molar-refractivity contribution in [2.45, 2.75) is 11.8 Å². The van der Waals surface area contributed by atoms with Crippen molar-refractivity contribution in [2.75, 3.05) is 12.4 Å². The number of ether oxygens (including phenoxy) is 1. The Morgan fingerprint density at radius 2 is 2.50 bits per heavy atom. The Morgan fingerprint density at radius 1 is 1.71 bits per heavy atom. The first kappa shape index (κ1) is 9.39. The van der Waals surface area contributed by atoms with Gasteiger partial charge in [-0.3, -0.25) is 4.79 Å². The molecule has 14 heavy (non-hydrogen) atoms. The van der Waals surface area contributed by atoms with E-state index >= 15 is 0 Å². The number of nitrogens with one attached hydrogen (secondary N) is 1. The van der Waals surface area contributed by atoms with Gasteiger partial charge in [-0.25, -0.2) is 4.79 Å². The first-order chi connectivity index (χ1) is 6.66. The summed E-state index contributed by atoms with van der Waals surface area (Å²) in [6.45, 7) is 0.341. The molecule has 2 rings (SSSR count). The lowest BCUT2D eigenvalue weighted by Crippen LogP contribution is -2.34. The first-order valence-corrected chi connectivity index (χ1v) is 5.21. The number of thioether (sulfide) groups is 1. The van der Waals surface area contributed by atoms with E-state index in [4.69, 9.17) is 9.84 Å². The van der Waals surface area contributed by atoms with Crippen LogP contribution < -0.4 is 5.32 Å². The zero-order valence-electron chi connectivity index (χ0n) is 7.28. The molecule has 5 nitrogen and oxygen atoms in total. The molecule has 0 saturated heterocycles. The Bertz CT molecular complexity index is 325. The number of hydrogen-bond donors (Lipinski definition) is 2. The summed E-state index contributed by atoms with van der Waals surface area (Å²) in [5, 5.41) is 11.2. The van der Waals surface area contributed by atoms with Gasteiger partial charge < -0.3 is 15.2 Å². The molecule has 0 aromatic rings. The third kappa shape index (κ3) is 1.70. The van der Waals surface area contributed by atoms with Crippen LogP contribution in [-0.2, 0) is 14.3 Å². The lowest BCUT2D eigenvalue weighted by atomic mass is 10.2. The van der Waals surface area contributed by atoms with E-state index in [-0.39, 0.29) is 17.8 Å². The number of carbonyl (C=O) groups is 2. The number of aliphatic carboxylic acids is 1. The normalized spacial score (nSPS) is 25.4. The van der Waals surface area contributed by atoms with Gasteiger partial charge in [0.15, 0.2) is 0 Å². The van der Waals surface area contributed by atoms with E-state index in [1.54, 1.807) is 0 Å². The van der Waals surface area contributed by atoms with Crippen molar-refractivity contribution >= 4 is 23.7 Å². The lowest BCUT2D eigenvalue weighted by molar-refractivity contribution is -0.138. The maximum atomic E-state index is 11.1. The molecule has 6 heteroatoms. The third-order valence-electron chi connectivity index (χ3n) is 2.06. The smallest absolute Gasteiger partial charge is 0.354 e. The second-order valence-corrected chi connectivity index (χ2v) is 4.29. The molecule has 2 heterocycles. The van der Waals surface area contributed by atoms with Crippen LogP contribution in [0.4, 0.5) is 0 Å². The van der Waals surface area contributed by atoms with Crippen molar-refractivity contribution in [3.8, 4) is 0 Å². The van der Waals surface area contributed by atoms with E-state index in [1.165, 1.54) is 11.8 Å². The average Bonchev–Trinajstić information content (AvgIpc) is 2.47. The number of cyclic esters (lactones) is 1. The summed E-state index contributed by atoms with van der Waals surface area (Å²) in [6.07, 6.45) is 0.00866. The van der Waals surface area contributed by atoms with Crippen LogP contribution >= 0.6 is 11.8 Å². The van der Waals surface area contributed by atoms with Crippen LogP contribution in [0.5, 0.6) is 0 Å². The maximum absolute atomic E-state index is 11.1. The Labute approximate surface area is 84.5 Å². The monoisotopic (exact) mass is 215 g/mol. The minimum absolute atomic E-state index is 0.00866. The Hall–Kier alpha value is -1.17. The SMILES string of the molecule is O=C(O)C[C@H]1NC2=C(COC2=O)CS1. The molecule has 0 radical (unpaired) electrons. The van der Waals surface area contributed by atoms with Gasteiger partial charge in [-0.05, 0) is 0 Å². The van der Waals surface area contributed by atoms with E-state index < -0.39 is 5.97 Å². The topological polar surface area (TPSA) is 75.6 Å². The highest BCUT2D eigenvalue weighted by Gasteiger charge is 2.31. The minimum Gasteiger partial charge on any atom is -0.481 e. The molecule has 2 aliphatic heterocycles. The van der Waals surface area contributed by atoms with Gasteiger partial charge in [0.1, 0.15) is 12.3 Å². The van der Waals surface area contributed by atoms with Gasteiger partial charge in [0.05, 0.1) is 11.8 Å². The summed E-state index contributed by atoms with van der Waals surface area (Å²) in [6, 6.07) is 0. The van der Waals surface area contributed by atoms with Gasteiger partial charge in [0.2, 0.25) is 0 Å². The van der Waals surface area contributed by atoms with Crippen LogP contribution in [0.3, 0.4) is 0 Å². The van der Waals surface area contributed by atoms with Gasteiger partial charge in [-0.1, -0.05) is 0 Å². The van der Waals surface area contributed by atoms with Crippen LogP contribution in [0, 0.1) is 0 Å². The molecule has 76 valence electrons. The number of hydrogen-bond acceptors (Lipinski definition) is 5. The Morgan fingerprint density at radius 3 is 3.21 bits per heavy atom. The number of carbonyl (C=O) groups excluding carboxylic acids is 1. The predicted molar refractivity (Wildman–Crippen MR) is 49.6 cm³/mol. The lowest BCUT2D eigenvalue weighted by Gasteiger charge is -2.22. The highest BCUT2D eigenvalue weighted by Crippen LogP contribution is 2.28. The largest absolute Gasteiger partial charge is 0.481 e. The summed E-state index contributed by atoms with van der Waals surface area (Å²) < 4.78 is 4.82. The number of rotatable bonds is 2. The van der Waals surface area contributed by atoms with Crippen molar-refractivity contribution in [1.82, 2.24) is 5.32 Å². The zero-order valence-corrected chi connectivity index (χ0v) is 8.10. The molecule has 2 N–H and O–H groups in total. The summed E-state index contributed by atoms with van der Waals surface area (Å²) >= 11 is 1.49. The molecule has 0 unspecified atom stereocenters. The highest BCUT2D eigenvalue weighted by molar-refractivity contribution is 8.00. The van der Waals surface area contributed by atoms with Crippen molar-refractivity contribution < 1.29 is 19.4 Å². The number of esters is 1. The van der Waals surface area contributed by atoms with Crippen LogP contribution in [0.25, 0.3) is 0 Å². The Balaban J connectivity index is 2.05. The Kier molecular flexibility index (Phi) is 2.37. The second kappa shape index (κ2) is 3.53. The molecule has 0 aromatic carbocycles. The molecule has 0 aromatic heterocycles. The highest BCUT2D eigenvalue weighted by atomic mass is 32.2. The first-order valence-electron chi connectivity index (χ1n) is 4.16. The van der Waals surface area contributed by atoms with Gasteiger partial charge >= 0.3 is 11.9 Å². The minimum atomic E-state index is -0.870. The maximum Gasteiger partial charge on any atom is 0.354 e. The van der Waals surface area contributed by atoms with E-state index in [9.17, 15) is 9.59 Å². The fraction of sp³-hybridized carbons (Fsp3) is 0.500. The van der Waals surface area contributed by atoms with Crippen LogP contribution in [0.15, 0.2) is 11.3 Å². The third-order valence-corrected chi connectivity index (χ3v) is 3.26. The van der Waals surface area contributed by atoms with Crippen LogP contribution in [-0.4, -0.2) is 34.8 Å². The second-order valence-electron chi connectivity index (χ2n) is 3.10. The van der Waals surface area contributed by atoms with Gasteiger partial charge in [-0.15, -0.1) is 11.8 Å². The van der Waals surface area contributed by atoms with E-state index in [1.807, 2.05) is 0 Å². The molecule has 0 spiro atoms. The van der Waals surface area contributed by atoms with Crippen LogP contribution in [0.1, 0.15) is 6.42 Å². The summed E-state index contributed by atoms with van der Waals surface area (Å²) in [5.74, 6) is -0.562. The fourth-order valence-corrected chi connectivity index (χ4v) is 2.48. The molecule has 0 bridgehead atoms. The predicted octanol–water partition coefficient (Wildman–Crippen LogP) is -0.0655. The standard InChI is InChI=1S/C8H9NO4S/c10-6(11)1-5-9-7-4(3-14-5)2-13-8(7)12/h5,9H,1-3H2,(H,10,11)/t5-/m0/s1. The van der Waals surface area contributed by atoms with E-state index in [2.05, 4.69) is 5.32 Å². The summed E-state index contributed by atoms with van der Waals surface area (Å²) in [7, 11) is 0.